The van der Waals surface area contributed by atoms with E-state index in [0.717, 1.165) is 52.9 Å². The summed E-state index contributed by atoms with van der Waals surface area (Å²) in [4.78, 5) is 21.2. The summed E-state index contributed by atoms with van der Waals surface area (Å²) in [5.41, 5.74) is 6.36. The number of ether oxygens (including phenoxy) is 2. The van der Waals surface area contributed by atoms with Gasteiger partial charge in [-0.25, -0.2) is 28.1 Å². The standard InChI is InChI=1S/C39H52N6O4S/c1-25(2)18-29-14-10-12-26(3)35(29)36-27(4)37-43-38(42-36)44-50(46,47)32-15-11-13-28(19-32)33(30(24-49-37)21-39(5,6)7)20-34-40-22-31(23-41-34)45(8)16-17-48-9/h10-15,19,22-23,25,30,33H,16-18,20-21,24H2,1-9H3,(H,42,43,44)/t30-,33?/m1/s1. The summed E-state index contributed by atoms with van der Waals surface area (Å²) in [7, 11) is -0.381. The molecule has 3 heterocycles. The maximum Gasteiger partial charge on any atom is 0.264 e. The molecule has 2 atom stereocenters. The SMILES string of the molecule is COCCN(C)c1cnc(CC2c3cccc(c3)S(=O)(=O)Nc3nc(c(C)c(-c4c(C)cccc4CC(C)C)n3)OC[C@H]2CC(C)(C)C)nc1. The minimum atomic E-state index is -4.05. The molecule has 0 saturated heterocycles. The Bertz CT molecular complexity index is 1890. The minimum Gasteiger partial charge on any atom is -0.477 e. The van der Waals surface area contributed by atoms with Gasteiger partial charge < -0.3 is 14.4 Å². The number of nitrogens with one attached hydrogen (secondary N) is 1. The lowest BCUT2D eigenvalue weighted by molar-refractivity contribution is 0.165. The lowest BCUT2D eigenvalue weighted by atomic mass is 9.75. The molecular weight excluding hydrogens is 649 g/mol. The molecule has 0 radical (unpaired) electrons. The number of hydrogen-bond acceptors (Lipinski definition) is 9. The molecule has 10 nitrogen and oxygen atoms in total. The van der Waals surface area contributed by atoms with E-state index in [4.69, 9.17) is 24.4 Å². The van der Waals surface area contributed by atoms with Crippen LogP contribution in [0.4, 0.5) is 11.6 Å². The molecule has 1 unspecified atom stereocenters. The molecule has 4 aromatic rings. The van der Waals surface area contributed by atoms with Crippen molar-refractivity contribution in [2.45, 2.75) is 78.5 Å². The number of aromatic nitrogens is 4. The van der Waals surface area contributed by atoms with Gasteiger partial charge in [0.15, 0.2) is 0 Å². The summed E-state index contributed by atoms with van der Waals surface area (Å²) >= 11 is 0. The first-order valence-electron chi connectivity index (χ1n) is 17.4. The zero-order valence-electron chi connectivity index (χ0n) is 30.9. The van der Waals surface area contributed by atoms with Crippen LogP contribution in [0.3, 0.4) is 0 Å². The molecule has 2 aromatic heterocycles. The van der Waals surface area contributed by atoms with Gasteiger partial charge in [-0.15, -0.1) is 0 Å². The van der Waals surface area contributed by atoms with E-state index in [2.05, 4.69) is 74.3 Å². The number of anilines is 2. The Morgan fingerprint density at radius 3 is 2.46 bits per heavy atom. The molecule has 0 aliphatic carbocycles. The minimum absolute atomic E-state index is 0.0156. The van der Waals surface area contributed by atoms with Crippen LogP contribution < -0.4 is 14.4 Å². The van der Waals surface area contributed by atoms with E-state index in [1.54, 1.807) is 25.3 Å². The molecule has 1 N–H and O–H groups in total. The number of nitrogens with zero attached hydrogens (tertiary/aromatic N) is 5. The van der Waals surface area contributed by atoms with Gasteiger partial charge in [-0.1, -0.05) is 65.0 Å². The zero-order chi connectivity index (χ0) is 36.2. The van der Waals surface area contributed by atoms with Crippen molar-refractivity contribution in [2.75, 3.05) is 43.5 Å². The fourth-order valence-electron chi connectivity index (χ4n) is 6.75. The van der Waals surface area contributed by atoms with Gasteiger partial charge in [0.1, 0.15) is 5.82 Å². The average Bonchev–Trinajstić information content (AvgIpc) is 3.05. The first-order chi connectivity index (χ1) is 23.6. The van der Waals surface area contributed by atoms with E-state index in [0.29, 0.717) is 43.0 Å². The van der Waals surface area contributed by atoms with Gasteiger partial charge in [-0.3, -0.25) is 0 Å². The summed E-state index contributed by atoms with van der Waals surface area (Å²) in [6.45, 7) is 16.7. The summed E-state index contributed by atoms with van der Waals surface area (Å²) in [6, 6.07) is 13.4. The van der Waals surface area contributed by atoms with E-state index in [1.807, 2.05) is 32.4 Å². The van der Waals surface area contributed by atoms with Crippen molar-refractivity contribution in [3.63, 3.8) is 0 Å². The molecule has 1 aliphatic heterocycles. The highest BCUT2D eigenvalue weighted by molar-refractivity contribution is 7.92. The molecule has 268 valence electrons. The highest BCUT2D eigenvalue weighted by Gasteiger charge is 2.32. The second-order valence-corrected chi connectivity index (χ2v) is 16.8. The Hall–Kier alpha value is -4.09. The average molecular weight is 701 g/mol. The van der Waals surface area contributed by atoms with Gasteiger partial charge >= 0.3 is 0 Å². The Balaban J connectivity index is 1.62. The Kier molecular flexibility index (Phi) is 11.5. The third-order valence-corrected chi connectivity index (χ3v) is 10.5. The highest BCUT2D eigenvalue weighted by Crippen LogP contribution is 2.40. The smallest absolute Gasteiger partial charge is 0.264 e. The third kappa shape index (κ3) is 8.98. The van der Waals surface area contributed by atoms with Crippen LogP contribution in [0.1, 0.15) is 75.0 Å². The van der Waals surface area contributed by atoms with Crippen molar-refractivity contribution in [2.24, 2.45) is 17.3 Å². The Labute approximate surface area is 298 Å². The molecular formula is C39H52N6O4S. The molecule has 11 heteroatoms. The molecule has 4 bridgehead atoms. The van der Waals surface area contributed by atoms with E-state index in [9.17, 15) is 8.42 Å². The number of benzene rings is 2. The fourth-order valence-corrected chi connectivity index (χ4v) is 7.74. The molecule has 0 amide bonds. The molecule has 2 aromatic carbocycles. The quantitative estimate of drug-likeness (QED) is 0.180. The van der Waals surface area contributed by atoms with Gasteiger partial charge in [-0.2, -0.15) is 4.98 Å². The first-order valence-corrected chi connectivity index (χ1v) is 18.9. The maximum absolute atomic E-state index is 14.0. The number of likely N-dealkylation sites (N-methyl/N-ethyl adjacent to an activating group) is 1. The summed E-state index contributed by atoms with van der Waals surface area (Å²) in [6.07, 6.45) is 5.83. The van der Waals surface area contributed by atoms with E-state index < -0.39 is 10.0 Å². The van der Waals surface area contributed by atoms with Gasteiger partial charge in [-0.05, 0) is 72.8 Å². The number of hydrogen-bond donors (Lipinski definition) is 1. The number of aryl methyl sites for hydroxylation is 1. The van der Waals surface area contributed by atoms with Crippen LogP contribution in [0.5, 0.6) is 5.88 Å². The van der Waals surface area contributed by atoms with Crippen molar-refractivity contribution in [3.05, 3.63) is 82.9 Å². The zero-order valence-corrected chi connectivity index (χ0v) is 31.8. The normalized spacial score (nSPS) is 17.3. The predicted octanol–water partition coefficient (Wildman–Crippen LogP) is 7.40. The number of sulfonamides is 1. The van der Waals surface area contributed by atoms with Crippen LogP contribution in [0, 0.1) is 31.1 Å². The van der Waals surface area contributed by atoms with Gasteiger partial charge in [0, 0.05) is 44.2 Å². The van der Waals surface area contributed by atoms with E-state index in [1.165, 1.54) is 0 Å². The van der Waals surface area contributed by atoms with E-state index in [-0.39, 0.29) is 28.1 Å². The number of methoxy groups -OCH3 is 1. The van der Waals surface area contributed by atoms with Gasteiger partial charge in [0.25, 0.3) is 10.0 Å². The van der Waals surface area contributed by atoms with E-state index >= 15 is 0 Å². The maximum atomic E-state index is 14.0. The first kappa shape index (κ1) is 37.2. The second-order valence-electron chi connectivity index (χ2n) is 15.1. The molecule has 0 fully saturated rings. The Morgan fingerprint density at radius 2 is 1.78 bits per heavy atom. The van der Waals surface area contributed by atoms with Crippen molar-refractivity contribution >= 4 is 21.7 Å². The van der Waals surface area contributed by atoms with Gasteiger partial charge in [0.2, 0.25) is 11.8 Å². The van der Waals surface area contributed by atoms with Crippen LogP contribution in [-0.4, -0.2) is 62.3 Å². The van der Waals surface area contributed by atoms with Crippen molar-refractivity contribution < 1.29 is 17.9 Å². The monoisotopic (exact) mass is 700 g/mol. The summed E-state index contributed by atoms with van der Waals surface area (Å²) in [5.74, 6) is 1.28. The van der Waals surface area contributed by atoms with Crippen LogP contribution >= 0.6 is 0 Å². The lowest BCUT2D eigenvalue weighted by Crippen LogP contribution is -2.28. The summed E-state index contributed by atoms with van der Waals surface area (Å²) < 4.78 is 42.6. The topological polar surface area (TPSA) is 119 Å². The van der Waals surface area contributed by atoms with Crippen LogP contribution in [0.15, 0.2) is 59.8 Å². The van der Waals surface area contributed by atoms with Crippen LogP contribution in [0.2, 0.25) is 0 Å². The highest BCUT2D eigenvalue weighted by atomic mass is 32.2. The third-order valence-electron chi connectivity index (χ3n) is 9.19. The molecule has 1 aliphatic rings. The van der Waals surface area contributed by atoms with Crippen LogP contribution in [0.25, 0.3) is 11.3 Å². The fraction of sp³-hybridized carbons (Fsp3) is 0.487. The largest absolute Gasteiger partial charge is 0.477 e. The Morgan fingerprint density at radius 1 is 1.06 bits per heavy atom. The van der Waals surface area contributed by atoms with Crippen molar-refractivity contribution in [1.82, 2.24) is 19.9 Å². The molecule has 0 spiro atoms. The van der Waals surface area contributed by atoms with Crippen molar-refractivity contribution in [1.29, 1.82) is 0 Å². The number of fused-ring (bicyclic) bond motifs is 4. The molecule has 5 rings (SSSR count). The van der Waals surface area contributed by atoms with Crippen molar-refractivity contribution in [3.8, 4) is 17.1 Å². The lowest BCUT2D eigenvalue weighted by Gasteiger charge is -2.33. The summed E-state index contributed by atoms with van der Waals surface area (Å²) in [5, 5.41) is 0. The van der Waals surface area contributed by atoms with Gasteiger partial charge in [0.05, 0.1) is 41.9 Å². The molecule has 0 saturated carbocycles. The number of rotatable bonds is 10. The predicted molar refractivity (Wildman–Crippen MR) is 199 cm³/mol. The second kappa shape index (κ2) is 15.4. The van der Waals surface area contributed by atoms with Crippen LogP contribution in [-0.2, 0) is 27.6 Å². The molecule has 50 heavy (non-hydrogen) atoms.